The van der Waals surface area contributed by atoms with Crippen LogP contribution in [0.15, 0.2) is 0 Å². The average molecular weight is 293 g/mol. The van der Waals surface area contributed by atoms with Gasteiger partial charge in [0.25, 0.3) is 0 Å². The van der Waals surface area contributed by atoms with Crippen molar-refractivity contribution in [2.75, 3.05) is 25.7 Å². The van der Waals surface area contributed by atoms with Crippen molar-refractivity contribution in [3.8, 4) is 0 Å². The van der Waals surface area contributed by atoms with Crippen LogP contribution in [0.25, 0.3) is 0 Å². The molecule has 0 aromatic rings. The molecule has 0 heterocycles. The Hall–Kier alpha value is 0.400. The molecule has 1 saturated carbocycles. The van der Waals surface area contributed by atoms with E-state index in [1.807, 2.05) is 0 Å². The van der Waals surface area contributed by atoms with E-state index in [1.165, 1.54) is 38.5 Å². The summed E-state index contributed by atoms with van der Waals surface area (Å²) in [6.45, 7) is 3.70. The Balaban J connectivity index is 2.32. The Morgan fingerprint density at radius 3 is 2.44 bits per heavy atom. The van der Waals surface area contributed by atoms with Crippen LogP contribution < -0.4 is 0 Å². The average Bonchev–Trinajstić information content (AvgIpc) is 2.32. The summed E-state index contributed by atoms with van der Waals surface area (Å²) in [7, 11) is 1.72. The normalized spacial score (nSPS) is 30.6. The first-order chi connectivity index (χ1) is 7.76. The van der Waals surface area contributed by atoms with Gasteiger partial charge in [-0.05, 0) is 31.6 Å². The minimum atomic E-state index is 0.0861. The molecule has 0 N–H and O–H groups in total. The third-order valence-electron chi connectivity index (χ3n) is 3.65. The van der Waals surface area contributed by atoms with Crippen molar-refractivity contribution < 1.29 is 9.47 Å². The van der Waals surface area contributed by atoms with Crippen LogP contribution in [0.1, 0.15) is 45.4 Å². The van der Waals surface area contributed by atoms with E-state index in [1.54, 1.807) is 7.11 Å². The Labute approximate surface area is 108 Å². The topological polar surface area (TPSA) is 18.5 Å². The molecular formula is C13H25BrO2. The van der Waals surface area contributed by atoms with E-state index in [0.717, 1.165) is 17.9 Å². The Morgan fingerprint density at radius 2 is 1.94 bits per heavy atom. The lowest BCUT2D eigenvalue weighted by atomic mass is 9.78. The molecule has 2 nitrogen and oxygen atoms in total. The minimum Gasteiger partial charge on any atom is -0.382 e. The van der Waals surface area contributed by atoms with Gasteiger partial charge in [-0.3, -0.25) is 0 Å². The number of halogens is 1. The van der Waals surface area contributed by atoms with E-state index in [9.17, 15) is 0 Å². The van der Waals surface area contributed by atoms with Crippen molar-refractivity contribution in [2.45, 2.75) is 51.0 Å². The number of hydrogen-bond acceptors (Lipinski definition) is 2. The van der Waals surface area contributed by atoms with Crippen LogP contribution in [0.4, 0.5) is 0 Å². The van der Waals surface area contributed by atoms with Crippen LogP contribution in [0.3, 0.4) is 0 Å². The summed E-state index contributed by atoms with van der Waals surface area (Å²) in [5, 5.41) is 0.961. The largest absolute Gasteiger partial charge is 0.382 e. The summed E-state index contributed by atoms with van der Waals surface area (Å²) < 4.78 is 11.1. The molecule has 16 heavy (non-hydrogen) atoms. The quantitative estimate of drug-likeness (QED) is 0.525. The first kappa shape index (κ1) is 14.5. The van der Waals surface area contributed by atoms with E-state index in [-0.39, 0.29) is 5.60 Å². The maximum absolute atomic E-state index is 6.01. The van der Waals surface area contributed by atoms with Crippen LogP contribution in [-0.2, 0) is 9.47 Å². The van der Waals surface area contributed by atoms with Gasteiger partial charge in [0.05, 0.1) is 18.8 Å². The molecule has 0 amide bonds. The van der Waals surface area contributed by atoms with Gasteiger partial charge in [0, 0.05) is 12.4 Å². The smallest absolute Gasteiger partial charge is 0.0780 e. The molecule has 0 aliphatic heterocycles. The molecule has 0 aromatic carbocycles. The molecule has 1 aliphatic rings. The number of ether oxygens (including phenoxy) is 2. The highest BCUT2D eigenvalue weighted by Crippen LogP contribution is 2.37. The van der Waals surface area contributed by atoms with E-state index in [4.69, 9.17) is 9.47 Å². The van der Waals surface area contributed by atoms with Gasteiger partial charge in [-0.15, -0.1) is 0 Å². The molecule has 0 aromatic heterocycles. The zero-order valence-corrected chi connectivity index (χ0v) is 12.2. The summed E-state index contributed by atoms with van der Waals surface area (Å²) in [4.78, 5) is 0. The summed E-state index contributed by atoms with van der Waals surface area (Å²) >= 11 is 3.61. The minimum absolute atomic E-state index is 0.0861. The lowest BCUT2D eigenvalue weighted by Crippen LogP contribution is -2.39. The molecule has 0 saturated heterocycles. The fraction of sp³-hybridized carbons (Fsp3) is 1.00. The van der Waals surface area contributed by atoms with Crippen molar-refractivity contribution in [1.29, 1.82) is 0 Å². The monoisotopic (exact) mass is 292 g/mol. The summed E-state index contributed by atoms with van der Waals surface area (Å²) in [5.74, 6) is 0.934. The first-order valence-electron chi connectivity index (χ1n) is 6.45. The summed E-state index contributed by atoms with van der Waals surface area (Å²) in [6.07, 6.45) is 7.76. The molecule has 1 fully saturated rings. The Bertz CT molecular complexity index is 177. The van der Waals surface area contributed by atoms with Crippen molar-refractivity contribution in [3.63, 3.8) is 0 Å². The highest BCUT2D eigenvalue weighted by Gasteiger charge is 2.34. The van der Waals surface area contributed by atoms with Crippen molar-refractivity contribution in [3.05, 3.63) is 0 Å². The van der Waals surface area contributed by atoms with Crippen LogP contribution in [0.5, 0.6) is 0 Å². The maximum Gasteiger partial charge on any atom is 0.0780 e. The second-order valence-electron chi connectivity index (χ2n) is 4.89. The third kappa shape index (κ3) is 4.34. The van der Waals surface area contributed by atoms with Gasteiger partial charge in [-0.2, -0.15) is 0 Å². The van der Waals surface area contributed by atoms with Gasteiger partial charge in [-0.1, -0.05) is 35.7 Å². The van der Waals surface area contributed by atoms with Crippen molar-refractivity contribution >= 4 is 15.9 Å². The first-order valence-corrected chi connectivity index (χ1v) is 7.57. The third-order valence-corrected chi connectivity index (χ3v) is 4.67. The van der Waals surface area contributed by atoms with E-state index < -0.39 is 0 Å². The molecule has 0 bridgehead atoms. The zero-order chi connectivity index (χ0) is 11.9. The molecule has 96 valence electrons. The van der Waals surface area contributed by atoms with Crippen molar-refractivity contribution in [2.24, 2.45) is 5.92 Å². The lowest BCUT2D eigenvalue weighted by Gasteiger charge is -2.39. The van der Waals surface area contributed by atoms with Gasteiger partial charge in [0.1, 0.15) is 0 Å². The van der Waals surface area contributed by atoms with Gasteiger partial charge < -0.3 is 9.47 Å². The number of rotatable bonds is 7. The van der Waals surface area contributed by atoms with Crippen LogP contribution in [0.2, 0.25) is 0 Å². The van der Waals surface area contributed by atoms with Crippen LogP contribution >= 0.6 is 15.9 Å². The fourth-order valence-electron chi connectivity index (χ4n) is 2.56. The van der Waals surface area contributed by atoms with Crippen LogP contribution in [0, 0.1) is 5.92 Å². The number of methoxy groups -OCH3 is 1. The molecule has 0 atom stereocenters. The SMILES string of the molecule is CCCC1CCC(CBr)(OCCOC)CC1. The van der Waals surface area contributed by atoms with E-state index in [2.05, 4.69) is 22.9 Å². The molecule has 1 aliphatic carbocycles. The highest BCUT2D eigenvalue weighted by atomic mass is 79.9. The Morgan fingerprint density at radius 1 is 1.25 bits per heavy atom. The van der Waals surface area contributed by atoms with Gasteiger partial charge in [-0.25, -0.2) is 0 Å². The predicted octanol–water partition coefficient (Wildman–Crippen LogP) is 3.77. The predicted molar refractivity (Wildman–Crippen MR) is 71.2 cm³/mol. The second-order valence-corrected chi connectivity index (χ2v) is 5.45. The summed E-state index contributed by atoms with van der Waals surface area (Å²) in [5.41, 5.74) is 0.0861. The maximum atomic E-state index is 6.01. The molecule has 0 spiro atoms. The highest BCUT2D eigenvalue weighted by molar-refractivity contribution is 9.09. The second kappa shape index (κ2) is 7.67. The van der Waals surface area contributed by atoms with Gasteiger partial charge in [0.2, 0.25) is 0 Å². The van der Waals surface area contributed by atoms with Gasteiger partial charge >= 0.3 is 0 Å². The van der Waals surface area contributed by atoms with E-state index in [0.29, 0.717) is 6.61 Å². The fourth-order valence-corrected chi connectivity index (χ4v) is 3.28. The molecule has 0 radical (unpaired) electrons. The summed E-state index contributed by atoms with van der Waals surface area (Å²) in [6, 6.07) is 0. The van der Waals surface area contributed by atoms with E-state index >= 15 is 0 Å². The van der Waals surface area contributed by atoms with Gasteiger partial charge in [0.15, 0.2) is 0 Å². The molecule has 1 rings (SSSR count). The van der Waals surface area contributed by atoms with Crippen molar-refractivity contribution in [1.82, 2.24) is 0 Å². The molecule has 0 unspecified atom stereocenters. The number of alkyl halides is 1. The Kier molecular flexibility index (Phi) is 6.94. The molecule has 3 heteroatoms. The number of hydrogen-bond donors (Lipinski definition) is 0. The van der Waals surface area contributed by atoms with Crippen LogP contribution in [-0.4, -0.2) is 31.3 Å². The standard InChI is InChI=1S/C13H25BrO2/c1-3-4-12-5-7-13(11-14,8-6-12)16-10-9-15-2/h12H,3-11H2,1-2H3. The molecular weight excluding hydrogens is 268 g/mol. The zero-order valence-electron chi connectivity index (χ0n) is 10.6. The lowest BCUT2D eigenvalue weighted by molar-refractivity contribution is -0.0749.